The van der Waals surface area contributed by atoms with Crippen molar-refractivity contribution in [3.05, 3.63) is 52.1 Å². The van der Waals surface area contributed by atoms with Gasteiger partial charge in [-0.3, -0.25) is 4.57 Å². The molecule has 0 aliphatic carbocycles. The van der Waals surface area contributed by atoms with Crippen LogP contribution in [0.3, 0.4) is 0 Å². The van der Waals surface area contributed by atoms with Crippen LogP contribution in [-0.2, 0) is 0 Å². The van der Waals surface area contributed by atoms with Gasteiger partial charge in [-0.25, -0.2) is 14.4 Å². The Morgan fingerprint density at radius 1 is 1.19 bits per heavy atom. The maximum atomic E-state index is 14.2. The highest BCUT2D eigenvalue weighted by Gasteiger charge is 2.20. The van der Waals surface area contributed by atoms with Crippen LogP contribution in [0.25, 0.3) is 16.9 Å². The van der Waals surface area contributed by atoms with Crippen molar-refractivity contribution in [1.82, 2.24) is 14.5 Å². The summed E-state index contributed by atoms with van der Waals surface area (Å²) < 4.78 is 15.7. The molecule has 0 aliphatic heterocycles. The van der Waals surface area contributed by atoms with Crippen molar-refractivity contribution in [3.63, 3.8) is 0 Å². The average molecular weight is 345 g/mol. The number of nitrogens with zero attached hydrogens (tertiary/aromatic N) is 3. The van der Waals surface area contributed by atoms with Gasteiger partial charge in [0.25, 0.3) is 0 Å². The Hall–Kier alpha value is -1.36. The number of fused-ring (bicyclic) bond motifs is 1. The lowest BCUT2D eigenvalue weighted by molar-refractivity contribution is 0.616. The summed E-state index contributed by atoms with van der Waals surface area (Å²) in [6.45, 7) is 1.75. The van der Waals surface area contributed by atoms with Crippen LogP contribution in [0.5, 0.6) is 0 Å². The third-order valence-electron chi connectivity index (χ3n) is 2.99. The van der Waals surface area contributed by atoms with Crippen LogP contribution in [-0.4, -0.2) is 14.5 Å². The predicted molar refractivity (Wildman–Crippen MR) is 83.1 cm³/mol. The van der Waals surface area contributed by atoms with Gasteiger partial charge in [-0.2, -0.15) is 0 Å². The van der Waals surface area contributed by atoms with E-state index in [1.54, 1.807) is 17.6 Å². The number of benzene rings is 1. The summed E-state index contributed by atoms with van der Waals surface area (Å²) >= 11 is 18.1. The Morgan fingerprint density at radius 2 is 1.95 bits per heavy atom. The molecule has 2 heterocycles. The highest BCUT2D eigenvalue weighted by Crippen LogP contribution is 2.30. The van der Waals surface area contributed by atoms with Gasteiger partial charge in [0, 0.05) is 11.2 Å². The van der Waals surface area contributed by atoms with Crippen molar-refractivity contribution in [2.45, 2.75) is 12.3 Å². The molecule has 0 saturated carbocycles. The standard InChI is InChI=1S/C14H9Cl3FN3/c1-7(15)13-20-11-4-9(17)6-19-14(11)21(13)12-5-8(16)2-3-10(12)18/h2-7H,1H3. The smallest absolute Gasteiger partial charge is 0.164 e. The first-order chi connectivity index (χ1) is 9.97. The van der Waals surface area contributed by atoms with E-state index < -0.39 is 11.2 Å². The number of rotatable bonds is 2. The van der Waals surface area contributed by atoms with Gasteiger partial charge in [0.15, 0.2) is 5.65 Å². The lowest BCUT2D eigenvalue weighted by atomic mass is 10.3. The van der Waals surface area contributed by atoms with E-state index in [0.29, 0.717) is 27.0 Å². The first-order valence-corrected chi connectivity index (χ1v) is 7.30. The number of hydrogen-bond acceptors (Lipinski definition) is 2. The molecule has 3 rings (SSSR count). The largest absolute Gasteiger partial charge is 0.276 e. The maximum Gasteiger partial charge on any atom is 0.164 e. The molecular weight excluding hydrogens is 336 g/mol. The normalized spacial score (nSPS) is 12.8. The highest BCUT2D eigenvalue weighted by molar-refractivity contribution is 6.31. The zero-order valence-electron chi connectivity index (χ0n) is 10.8. The molecule has 21 heavy (non-hydrogen) atoms. The minimum Gasteiger partial charge on any atom is -0.276 e. The topological polar surface area (TPSA) is 30.7 Å². The molecule has 0 aliphatic rings. The Labute approximate surface area is 135 Å². The number of pyridine rings is 1. The molecule has 3 nitrogen and oxygen atoms in total. The van der Waals surface area contributed by atoms with Gasteiger partial charge in [-0.15, -0.1) is 11.6 Å². The van der Waals surface area contributed by atoms with Crippen LogP contribution in [0.2, 0.25) is 10.0 Å². The molecule has 0 radical (unpaired) electrons. The monoisotopic (exact) mass is 343 g/mol. The first-order valence-electron chi connectivity index (χ1n) is 6.11. The van der Waals surface area contributed by atoms with Gasteiger partial charge < -0.3 is 0 Å². The minimum atomic E-state index is -0.436. The molecule has 0 saturated heterocycles. The third-order valence-corrected chi connectivity index (χ3v) is 3.63. The van der Waals surface area contributed by atoms with E-state index in [0.717, 1.165) is 0 Å². The van der Waals surface area contributed by atoms with E-state index in [1.807, 2.05) is 0 Å². The Balaban J connectivity index is 2.39. The van der Waals surface area contributed by atoms with Crippen LogP contribution >= 0.6 is 34.8 Å². The van der Waals surface area contributed by atoms with Crippen LogP contribution in [0.1, 0.15) is 18.1 Å². The summed E-state index contributed by atoms with van der Waals surface area (Å²) in [5, 5.41) is 0.430. The van der Waals surface area contributed by atoms with Gasteiger partial charge in [0.1, 0.15) is 17.2 Å². The highest BCUT2D eigenvalue weighted by atomic mass is 35.5. The fourth-order valence-corrected chi connectivity index (χ4v) is 2.58. The quantitative estimate of drug-likeness (QED) is 0.601. The summed E-state index contributed by atoms with van der Waals surface area (Å²) in [7, 11) is 0. The third kappa shape index (κ3) is 2.59. The number of imidazole rings is 1. The molecule has 0 amide bonds. The lowest BCUT2D eigenvalue weighted by Crippen LogP contribution is -2.05. The van der Waals surface area contributed by atoms with Crippen molar-refractivity contribution < 1.29 is 4.39 Å². The maximum absolute atomic E-state index is 14.2. The second-order valence-electron chi connectivity index (χ2n) is 4.51. The summed E-state index contributed by atoms with van der Waals surface area (Å²) in [4.78, 5) is 8.63. The molecule has 3 aromatic rings. The van der Waals surface area contributed by atoms with Crippen molar-refractivity contribution in [3.8, 4) is 5.69 Å². The van der Waals surface area contributed by atoms with Crippen LogP contribution in [0.4, 0.5) is 4.39 Å². The number of hydrogen-bond donors (Lipinski definition) is 0. The van der Waals surface area contributed by atoms with E-state index in [1.165, 1.54) is 24.4 Å². The molecule has 2 aromatic heterocycles. The van der Waals surface area contributed by atoms with E-state index in [9.17, 15) is 4.39 Å². The van der Waals surface area contributed by atoms with Gasteiger partial charge in [0.05, 0.1) is 16.1 Å². The molecule has 0 spiro atoms. The number of halogens is 4. The number of aromatic nitrogens is 3. The van der Waals surface area contributed by atoms with Gasteiger partial charge in [-0.05, 0) is 31.2 Å². The van der Waals surface area contributed by atoms with Gasteiger partial charge >= 0.3 is 0 Å². The molecule has 0 fully saturated rings. The van der Waals surface area contributed by atoms with Crippen LogP contribution < -0.4 is 0 Å². The van der Waals surface area contributed by atoms with Crippen molar-refractivity contribution in [2.24, 2.45) is 0 Å². The fraction of sp³-hybridized carbons (Fsp3) is 0.143. The second-order valence-corrected chi connectivity index (χ2v) is 6.04. The molecule has 108 valence electrons. The molecule has 1 atom stereocenters. The molecule has 7 heteroatoms. The summed E-state index contributed by atoms with van der Waals surface area (Å²) in [6.07, 6.45) is 1.48. The molecule has 0 N–H and O–H groups in total. The average Bonchev–Trinajstić information content (AvgIpc) is 2.80. The lowest BCUT2D eigenvalue weighted by Gasteiger charge is -2.11. The SMILES string of the molecule is CC(Cl)c1nc2cc(Cl)cnc2n1-c1cc(Cl)ccc1F. The zero-order chi connectivity index (χ0) is 15.1. The molecule has 0 bridgehead atoms. The summed E-state index contributed by atoms with van der Waals surface area (Å²) in [5.74, 6) is 0.0385. The van der Waals surface area contributed by atoms with Crippen molar-refractivity contribution in [1.29, 1.82) is 0 Å². The van der Waals surface area contributed by atoms with E-state index in [2.05, 4.69) is 9.97 Å². The van der Waals surface area contributed by atoms with Gasteiger partial charge in [-0.1, -0.05) is 23.2 Å². The zero-order valence-corrected chi connectivity index (χ0v) is 13.1. The Morgan fingerprint density at radius 3 is 2.67 bits per heavy atom. The Bertz CT molecular complexity index is 830. The van der Waals surface area contributed by atoms with E-state index in [-0.39, 0.29) is 5.69 Å². The van der Waals surface area contributed by atoms with Crippen molar-refractivity contribution >= 4 is 46.0 Å². The first kappa shape index (κ1) is 14.6. The van der Waals surface area contributed by atoms with Crippen LogP contribution in [0, 0.1) is 5.82 Å². The summed E-state index contributed by atoms with van der Waals surface area (Å²) in [5.41, 5.74) is 1.27. The Kier molecular flexibility index (Phi) is 3.78. The van der Waals surface area contributed by atoms with Gasteiger partial charge in [0.2, 0.25) is 0 Å². The molecular formula is C14H9Cl3FN3. The predicted octanol–water partition coefficient (Wildman–Crippen LogP) is 5.17. The van der Waals surface area contributed by atoms with E-state index >= 15 is 0 Å². The number of alkyl halides is 1. The second kappa shape index (κ2) is 5.44. The van der Waals surface area contributed by atoms with Crippen molar-refractivity contribution in [2.75, 3.05) is 0 Å². The fourth-order valence-electron chi connectivity index (χ4n) is 2.12. The van der Waals surface area contributed by atoms with Crippen LogP contribution in [0.15, 0.2) is 30.5 Å². The molecule has 1 unspecified atom stereocenters. The molecule has 1 aromatic carbocycles. The minimum absolute atomic E-state index is 0.252. The summed E-state index contributed by atoms with van der Waals surface area (Å²) in [6, 6.07) is 5.94. The van der Waals surface area contributed by atoms with E-state index in [4.69, 9.17) is 34.8 Å².